The third kappa shape index (κ3) is 3.21. The van der Waals surface area contributed by atoms with E-state index in [2.05, 4.69) is 15.3 Å². The molecule has 5 heteroatoms. The molecular weight excluding hydrogens is 218 g/mol. The molecule has 0 aliphatic rings. The number of hydrogen-bond acceptors (Lipinski definition) is 5. The minimum Gasteiger partial charge on any atom is -0.478 e. The van der Waals surface area contributed by atoms with Crippen molar-refractivity contribution in [2.45, 2.75) is 20.4 Å². The fourth-order valence-electron chi connectivity index (χ4n) is 1.40. The second-order valence-corrected chi connectivity index (χ2v) is 3.52. The lowest BCUT2D eigenvalue weighted by Gasteiger charge is -2.05. The lowest BCUT2D eigenvalue weighted by Crippen LogP contribution is -2.04. The van der Waals surface area contributed by atoms with Crippen LogP contribution in [0.25, 0.3) is 0 Å². The van der Waals surface area contributed by atoms with Crippen LogP contribution in [0.15, 0.2) is 28.8 Å². The summed E-state index contributed by atoms with van der Waals surface area (Å²) < 4.78 is 10.7. The van der Waals surface area contributed by atoms with E-state index >= 15 is 0 Å². The molecule has 90 valence electrons. The van der Waals surface area contributed by atoms with Gasteiger partial charge in [0.25, 0.3) is 0 Å². The Hall–Kier alpha value is -2.04. The van der Waals surface area contributed by atoms with Gasteiger partial charge in [-0.15, -0.1) is 0 Å². The normalized spacial score (nSPS) is 10.2. The first-order chi connectivity index (χ1) is 8.28. The van der Waals surface area contributed by atoms with E-state index in [1.165, 1.54) is 0 Å². The molecule has 0 spiro atoms. The van der Waals surface area contributed by atoms with Gasteiger partial charge in [0.15, 0.2) is 0 Å². The SMILES string of the molecule is CCOc1ccnc(NCc2ccc(C)o2)n1. The molecule has 0 amide bonds. The van der Waals surface area contributed by atoms with Crippen molar-refractivity contribution < 1.29 is 9.15 Å². The zero-order chi connectivity index (χ0) is 12.1. The quantitative estimate of drug-likeness (QED) is 0.859. The van der Waals surface area contributed by atoms with Crippen molar-refractivity contribution in [3.63, 3.8) is 0 Å². The van der Waals surface area contributed by atoms with E-state index < -0.39 is 0 Å². The molecule has 2 rings (SSSR count). The summed E-state index contributed by atoms with van der Waals surface area (Å²) in [4.78, 5) is 8.30. The molecule has 0 saturated carbocycles. The predicted octanol–water partition coefficient (Wildman–Crippen LogP) is 2.39. The summed E-state index contributed by atoms with van der Waals surface area (Å²) in [6.45, 7) is 4.98. The topological polar surface area (TPSA) is 60.2 Å². The molecule has 0 bridgehead atoms. The Morgan fingerprint density at radius 2 is 2.24 bits per heavy atom. The van der Waals surface area contributed by atoms with Gasteiger partial charge in [0.05, 0.1) is 13.2 Å². The fraction of sp³-hybridized carbons (Fsp3) is 0.333. The van der Waals surface area contributed by atoms with Gasteiger partial charge in [-0.2, -0.15) is 4.98 Å². The van der Waals surface area contributed by atoms with Crippen molar-refractivity contribution in [2.75, 3.05) is 11.9 Å². The summed E-state index contributed by atoms with van der Waals surface area (Å²) in [5.74, 6) is 2.85. The average molecular weight is 233 g/mol. The zero-order valence-corrected chi connectivity index (χ0v) is 9.93. The number of aryl methyl sites for hydroxylation is 1. The van der Waals surface area contributed by atoms with E-state index in [9.17, 15) is 0 Å². The Labute approximate surface area is 99.8 Å². The molecule has 0 aliphatic heterocycles. The maximum atomic E-state index is 5.43. The molecule has 1 N–H and O–H groups in total. The summed E-state index contributed by atoms with van der Waals surface area (Å²) in [6.07, 6.45) is 1.66. The molecule has 0 fully saturated rings. The predicted molar refractivity (Wildman–Crippen MR) is 64.0 cm³/mol. The van der Waals surface area contributed by atoms with Crippen LogP contribution in [0.2, 0.25) is 0 Å². The molecule has 5 nitrogen and oxygen atoms in total. The van der Waals surface area contributed by atoms with Crippen LogP contribution in [0.3, 0.4) is 0 Å². The van der Waals surface area contributed by atoms with E-state index in [1.54, 1.807) is 12.3 Å². The first-order valence-corrected chi connectivity index (χ1v) is 5.53. The highest BCUT2D eigenvalue weighted by atomic mass is 16.5. The highest BCUT2D eigenvalue weighted by molar-refractivity contribution is 5.28. The number of nitrogens with zero attached hydrogens (tertiary/aromatic N) is 2. The van der Waals surface area contributed by atoms with Crippen LogP contribution in [0.4, 0.5) is 5.95 Å². The molecule has 0 aliphatic carbocycles. The Kier molecular flexibility index (Phi) is 3.59. The van der Waals surface area contributed by atoms with Gasteiger partial charge in [-0.25, -0.2) is 4.98 Å². The van der Waals surface area contributed by atoms with Crippen LogP contribution in [0.1, 0.15) is 18.4 Å². The van der Waals surface area contributed by atoms with Gasteiger partial charge in [-0.3, -0.25) is 0 Å². The molecule has 2 aromatic rings. The summed E-state index contributed by atoms with van der Waals surface area (Å²) in [6, 6.07) is 5.58. The largest absolute Gasteiger partial charge is 0.478 e. The van der Waals surface area contributed by atoms with Crippen LogP contribution < -0.4 is 10.1 Å². The number of rotatable bonds is 5. The molecule has 2 heterocycles. The number of furan rings is 1. The lowest BCUT2D eigenvalue weighted by atomic mass is 10.4. The second kappa shape index (κ2) is 5.34. The highest BCUT2D eigenvalue weighted by Crippen LogP contribution is 2.11. The van der Waals surface area contributed by atoms with E-state index in [0.717, 1.165) is 11.5 Å². The lowest BCUT2D eigenvalue weighted by molar-refractivity contribution is 0.326. The van der Waals surface area contributed by atoms with Gasteiger partial charge in [0.1, 0.15) is 11.5 Å². The highest BCUT2D eigenvalue weighted by Gasteiger charge is 2.01. The Morgan fingerprint density at radius 1 is 1.35 bits per heavy atom. The first-order valence-electron chi connectivity index (χ1n) is 5.53. The number of hydrogen-bond donors (Lipinski definition) is 1. The van der Waals surface area contributed by atoms with Crippen LogP contribution in [0, 0.1) is 6.92 Å². The summed E-state index contributed by atoms with van der Waals surface area (Å²) >= 11 is 0. The molecular formula is C12H15N3O2. The number of nitrogens with one attached hydrogen (secondary N) is 1. The molecule has 0 aromatic carbocycles. The van der Waals surface area contributed by atoms with Crippen molar-refractivity contribution in [3.05, 3.63) is 35.9 Å². The number of aromatic nitrogens is 2. The van der Waals surface area contributed by atoms with Crippen LogP contribution in [-0.2, 0) is 6.54 Å². The Bertz CT molecular complexity index is 482. The van der Waals surface area contributed by atoms with Crippen molar-refractivity contribution in [3.8, 4) is 5.88 Å². The smallest absolute Gasteiger partial charge is 0.226 e. The van der Waals surface area contributed by atoms with Gasteiger partial charge in [0.2, 0.25) is 11.8 Å². The van der Waals surface area contributed by atoms with E-state index in [0.29, 0.717) is 25.0 Å². The molecule has 0 saturated heterocycles. The van der Waals surface area contributed by atoms with Crippen LogP contribution >= 0.6 is 0 Å². The summed E-state index contributed by atoms with van der Waals surface area (Å²) in [5.41, 5.74) is 0. The standard InChI is InChI=1S/C12H15N3O2/c1-3-16-11-6-7-13-12(15-11)14-8-10-5-4-9(2)17-10/h4-7H,3,8H2,1-2H3,(H,13,14,15). The van der Waals surface area contributed by atoms with Crippen molar-refractivity contribution in [2.24, 2.45) is 0 Å². The maximum absolute atomic E-state index is 5.43. The minimum absolute atomic E-state index is 0.532. The van der Waals surface area contributed by atoms with Gasteiger partial charge in [-0.1, -0.05) is 0 Å². The monoisotopic (exact) mass is 233 g/mol. The van der Waals surface area contributed by atoms with Gasteiger partial charge < -0.3 is 14.5 Å². The zero-order valence-electron chi connectivity index (χ0n) is 9.93. The average Bonchev–Trinajstić information content (AvgIpc) is 2.74. The van der Waals surface area contributed by atoms with Gasteiger partial charge >= 0.3 is 0 Å². The van der Waals surface area contributed by atoms with Crippen LogP contribution in [-0.4, -0.2) is 16.6 Å². The number of ether oxygens (including phenoxy) is 1. The van der Waals surface area contributed by atoms with E-state index in [4.69, 9.17) is 9.15 Å². The molecule has 0 unspecified atom stereocenters. The van der Waals surface area contributed by atoms with E-state index in [1.807, 2.05) is 26.0 Å². The maximum Gasteiger partial charge on any atom is 0.226 e. The van der Waals surface area contributed by atoms with Crippen LogP contribution in [0.5, 0.6) is 5.88 Å². The molecule has 0 radical (unpaired) electrons. The molecule has 17 heavy (non-hydrogen) atoms. The van der Waals surface area contributed by atoms with Crippen molar-refractivity contribution in [1.29, 1.82) is 0 Å². The summed E-state index contributed by atoms with van der Waals surface area (Å²) in [7, 11) is 0. The third-order valence-electron chi connectivity index (χ3n) is 2.14. The minimum atomic E-state index is 0.532. The van der Waals surface area contributed by atoms with Crippen molar-refractivity contribution >= 4 is 5.95 Å². The van der Waals surface area contributed by atoms with Gasteiger partial charge in [0, 0.05) is 12.3 Å². The fourth-order valence-corrected chi connectivity index (χ4v) is 1.40. The summed E-state index contributed by atoms with van der Waals surface area (Å²) in [5, 5.41) is 3.08. The van der Waals surface area contributed by atoms with Gasteiger partial charge in [-0.05, 0) is 26.0 Å². The Balaban J connectivity index is 1.96. The first kappa shape index (κ1) is 11.4. The van der Waals surface area contributed by atoms with Crippen molar-refractivity contribution in [1.82, 2.24) is 9.97 Å². The third-order valence-corrected chi connectivity index (χ3v) is 2.14. The Morgan fingerprint density at radius 3 is 2.94 bits per heavy atom. The number of anilines is 1. The second-order valence-electron chi connectivity index (χ2n) is 3.52. The molecule has 2 aromatic heterocycles. The molecule has 0 atom stereocenters. The van der Waals surface area contributed by atoms with E-state index in [-0.39, 0.29) is 0 Å².